The van der Waals surface area contributed by atoms with Crippen LogP contribution in [0.3, 0.4) is 0 Å². The summed E-state index contributed by atoms with van der Waals surface area (Å²) in [6, 6.07) is 8.50. The molecule has 0 spiro atoms. The molecule has 1 fully saturated rings. The Kier molecular flexibility index (Phi) is 4.85. The van der Waals surface area contributed by atoms with Crippen LogP contribution in [0.1, 0.15) is 42.9 Å². The largest absolute Gasteiger partial charge is 0.299 e. The maximum atomic E-state index is 12.3. The van der Waals surface area contributed by atoms with E-state index in [2.05, 4.69) is 4.98 Å². The highest BCUT2D eigenvalue weighted by Gasteiger charge is 2.21. The fourth-order valence-corrected chi connectivity index (χ4v) is 4.28. The first-order chi connectivity index (χ1) is 11.5. The van der Waals surface area contributed by atoms with Crippen LogP contribution >= 0.6 is 0 Å². The lowest BCUT2D eigenvalue weighted by Gasteiger charge is -2.24. The Bertz CT molecular complexity index is 883. The normalized spacial score (nSPS) is 15.2. The maximum Gasteiger partial charge on any atom is 0.253 e. The van der Waals surface area contributed by atoms with E-state index in [1.165, 1.54) is 11.0 Å². The number of benzene rings is 1. The SMILES string of the molecule is Cc1cccc(S(=O)(=O)CCCn2cnc(C3CCC3)cc2=O)c1. The summed E-state index contributed by atoms with van der Waals surface area (Å²) in [5, 5.41) is 0. The summed E-state index contributed by atoms with van der Waals surface area (Å²) in [5.74, 6) is 0.446. The predicted molar refractivity (Wildman–Crippen MR) is 92.9 cm³/mol. The van der Waals surface area contributed by atoms with Gasteiger partial charge in [0, 0.05) is 18.5 Å². The Labute approximate surface area is 142 Å². The molecule has 1 heterocycles. The zero-order valence-corrected chi connectivity index (χ0v) is 14.6. The van der Waals surface area contributed by atoms with Gasteiger partial charge >= 0.3 is 0 Å². The molecule has 0 unspecified atom stereocenters. The van der Waals surface area contributed by atoms with Crippen molar-refractivity contribution in [2.24, 2.45) is 0 Å². The molecule has 6 heteroatoms. The van der Waals surface area contributed by atoms with Gasteiger partial charge in [-0.25, -0.2) is 13.4 Å². The monoisotopic (exact) mass is 346 g/mol. The molecule has 3 rings (SSSR count). The molecule has 0 radical (unpaired) electrons. The van der Waals surface area contributed by atoms with Crippen LogP contribution in [0.25, 0.3) is 0 Å². The lowest BCUT2D eigenvalue weighted by molar-refractivity contribution is 0.408. The molecule has 24 heavy (non-hydrogen) atoms. The minimum absolute atomic E-state index is 0.0211. The number of aromatic nitrogens is 2. The smallest absolute Gasteiger partial charge is 0.253 e. The van der Waals surface area contributed by atoms with E-state index in [1.54, 1.807) is 30.6 Å². The van der Waals surface area contributed by atoms with Crippen LogP contribution < -0.4 is 5.56 Å². The van der Waals surface area contributed by atoms with Gasteiger partial charge < -0.3 is 0 Å². The van der Waals surface area contributed by atoms with Gasteiger partial charge in [0.15, 0.2) is 9.84 Å². The first kappa shape index (κ1) is 16.9. The minimum Gasteiger partial charge on any atom is -0.299 e. The van der Waals surface area contributed by atoms with Crippen LogP contribution in [0.5, 0.6) is 0 Å². The van der Waals surface area contributed by atoms with Gasteiger partial charge in [0.25, 0.3) is 5.56 Å². The second kappa shape index (κ2) is 6.89. The van der Waals surface area contributed by atoms with E-state index in [1.807, 2.05) is 13.0 Å². The molecular formula is C18H22N2O3S. The van der Waals surface area contributed by atoms with Crippen molar-refractivity contribution >= 4 is 9.84 Å². The molecule has 1 aromatic heterocycles. The molecule has 1 aliphatic carbocycles. The summed E-state index contributed by atoms with van der Waals surface area (Å²) in [6.07, 6.45) is 5.35. The Morgan fingerprint density at radius 1 is 1.25 bits per heavy atom. The Morgan fingerprint density at radius 3 is 2.67 bits per heavy atom. The van der Waals surface area contributed by atoms with Gasteiger partial charge in [0.2, 0.25) is 0 Å². The zero-order valence-electron chi connectivity index (χ0n) is 13.8. The van der Waals surface area contributed by atoms with Gasteiger partial charge in [0.1, 0.15) is 0 Å². The third kappa shape index (κ3) is 3.75. The minimum atomic E-state index is -3.32. The molecule has 0 aliphatic heterocycles. The Morgan fingerprint density at radius 2 is 2.04 bits per heavy atom. The van der Waals surface area contributed by atoms with E-state index in [0.29, 0.717) is 23.8 Å². The average Bonchev–Trinajstić information content (AvgIpc) is 2.48. The topological polar surface area (TPSA) is 69.0 Å². The summed E-state index contributed by atoms with van der Waals surface area (Å²) in [6.45, 7) is 2.23. The van der Waals surface area contributed by atoms with E-state index < -0.39 is 9.84 Å². The summed E-state index contributed by atoms with van der Waals surface area (Å²) in [7, 11) is -3.32. The van der Waals surface area contributed by atoms with Crippen LogP contribution in [0.4, 0.5) is 0 Å². The first-order valence-corrected chi connectivity index (χ1v) is 9.97. The maximum absolute atomic E-state index is 12.3. The van der Waals surface area contributed by atoms with E-state index in [4.69, 9.17) is 0 Å². The molecule has 128 valence electrons. The van der Waals surface area contributed by atoms with Crippen LogP contribution in [-0.2, 0) is 16.4 Å². The molecular weight excluding hydrogens is 324 g/mol. The van der Waals surface area contributed by atoms with E-state index in [-0.39, 0.29) is 11.3 Å². The highest BCUT2D eigenvalue weighted by molar-refractivity contribution is 7.91. The van der Waals surface area contributed by atoms with Crippen molar-refractivity contribution in [1.82, 2.24) is 9.55 Å². The summed E-state index contributed by atoms with van der Waals surface area (Å²) >= 11 is 0. The van der Waals surface area contributed by atoms with Gasteiger partial charge in [-0.1, -0.05) is 18.6 Å². The number of nitrogens with zero attached hydrogens (tertiary/aromatic N) is 2. The molecule has 1 saturated carbocycles. The van der Waals surface area contributed by atoms with Crippen molar-refractivity contribution in [3.63, 3.8) is 0 Å². The molecule has 0 atom stereocenters. The van der Waals surface area contributed by atoms with Gasteiger partial charge in [-0.2, -0.15) is 0 Å². The van der Waals surface area contributed by atoms with Crippen molar-refractivity contribution in [3.05, 3.63) is 58.3 Å². The fourth-order valence-electron chi connectivity index (χ4n) is 2.89. The number of hydrogen-bond acceptors (Lipinski definition) is 4. The third-order valence-corrected chi connectivity index (χ3v) is 6.38. The highest BCUT2D eigenvalue weighted by Crippen LogP contribution is 2.34. The number of aryl methyl sites for hydroxylation is 2. The molecule has 5 nitrogen and oxygen atoms in total. The molecule has 0 bridgehead atoms. The zero-order chi connectivity index (χ0) is 17.2. The Balaban J connectivity index is 1.62. The predicted octanol–water partition coefficient (Wildman–Crippen LogP) is 2.68. The first-order valence-electron chi connectivity index (χ1n) is 8.31. The second-order valence-electron chi connectivity index (χ2n) is 6.46. The lowest BCUT2D eigenvalue weighted by atomic mass is 9.83. The van der Waals surface area contributed by atoms with Crippen molar-refractivity contribution in [1.29, 1.82) is 0 Å². The highest BCUT2D eigenvalue weighted by atomic mass is 32.2. The number of rotatable bonds is 6. The van der Waals surface area contributed by atoms with Crippen LogP contribution in [0.2, 0.25) is 0 Å². The summed E-state index contributed by atoms with van der Waals surface area (Å²) in [5.41, 5.74) is 1.69. The van der Waals surface area contributed by atoms with Crippen LogP contribution in [0.15, 0.2) is 46.3 Å². The quantitative estimate of drug-likeness (QED) is 0.806. The van der Waals surface area contributed by atoms with Gasteiger partial charge in [-0.05, 0) is 43.9 Å². The Hall–Kier alpha value is -1.95. The van der Waals surface area contributed by atoms with E-state index in [9.17, 15) is 13.2 Å². The number of sulfone groups is 1. The summed E-state index contributed by atoms with van der Waals surface area (Å²) in [4.78, 5) is 16.8. The van der Waals surface area contributed by atoms with Gasteiger partial charge in [0.05, 0.1) is 22.7 Å². The molecule has 2 aromatic rings. The van der Waals surface area contributed by atoms with Crippen LogP contribution in [-0.4, -0.2) is 23.7 Å². The van der Waals surface area contributed by atoms with Gasteiger partial charge in [-0.15, -0.1) is 0 Å². The molecule has 1 aliphatic rings. The van der Waals surface area contributed by atoms with Crippen molar-refractivity contribution in [2.75, 3.05) is 5.75 Å². The fraction of sp³-hybridized carbons (Fsp3) is 0.444. The lowest BCUT2D eigenvalue weighted by Crippen LogP contribution is -2.24. The standard InChI is InChI=1S/C18H22N2O3S/c1-14-5-2-8-16(11-14)24(22,23)10-4-9-20-13-19-17(12-18(20)21)15-6-3-7-15/h2,5,8,11-13,15H,3-4,6-7,9-10H2,1H3. The second-order valence-corrected chi connectivity index (χ2v) is 8.57. The summed E-state index contributed by atoms with van der Waals surface area (Å²) < 4.78 is 26.2. The number of hydrogen-bond donors (Lipinski definition) is 0. The molecule has 0 saturated heterocycles. The molecule has 0 N–H and O–H groups in total. The third-order valence-electron chi connectivity index (χ3n) is 4.58. The van der Waals surface area contributed by atoms with Crippen molar-refractivity contribution in [3.8, 4) is 0 Å². The van der Waals surface area contributed by atoms with Gasteiger partial charge in [-0.3, -0.25) is 9.36 Å². The van der Waals surface area contributed by atoms with E-state index >= 15 is 0 Å². The molecule has 1 aromatic carbocycles. The van der Waals surface area contributed by atoms with Crippen molar-refractivity contribution in [2.45, 2.75) is 50.0 Å². The van der Waals surface area contributed by atoms with E-state index in [0.717, 1.165) is 24.1 Å². The molecule has 0 amide bonds. The van der Waals surface area contributed by atoms with Crippen molar-refractivity contribution < 1.29 is 8.42 Å². The van der Waals surface area contributed by atoms with Crippen LogP contribution in [0, 0.1) is 6.92 Å². The average molecular weight is 346 g/mol.